The number of aliphatic hydroxyl groups excluding tert-OH is 2. The van der Waals surface area contributed by atoms with Crippen LogP contribution in [0.2, 0.25) is 0 Å². The molecule has 1 fully saturated rings. The van der Waals surface area contributed by atoms with Crippen LogP contribution in [0.5, 0.6) is 0 Å². The summed E-state index contributed by atoms with van der Waals surface area (Å²) < 4.78 is 15.4. The lowest BCUT2D eigenvalue weighted by Gasteiger charge is -2.25. The molecule has 1 saturated carbocycles. The van der Waals surface area contributed by atoms with Gasteiger partial charge < -0.3 is 24.4 Å². The van der Waals surface area contributed by atoms with E-state index in [1.165, 1.54) is 0 Å². The minimum Gasteiger partial charge on any atom is -0.434 e. The Balaban J connectivity index is 1.66. The van der Waals surface area contributed by atoms with E-state index >= 15 is 0 Å². The predicted molar refractivity (Wildman–Crippen MR) is 87.5 cm³/mol. The molecule has 0 aromatic heterocycles. The highest BCUT2D eigenvalue weighted by atomic mass is 16.7. The maximum Gasteiger partial charge on any atom is 0.509 e. The number of carbonyl (C=O) groups is 2. The molecule has 8 heteroatoms. The van der Waals surface area contributed by atoms with Crippen molar-refractivity contribution in [3.8, 4) is 0 Å². The van der Waals surface area contributed by atoms with Crippen LogP contribution in [0.25, 0.3) is 0 Å². The largest absolute Gasteiger partial charge is 0.509 e. The summed E-state index contributed by atoms with van der Waals surface area (Å²) in [6.45, 7) is 2.81. The summed E-state index contributed by atoms with van der Waals surface area (Å²) in [7, 11) is 0. The highest BCUT2D eigenvalue weighted by molar-refractivity contribution is 5.87. The molecule has 0 radical (unpaired) electrons. The van der Waals surface area contributed by atoms with Crippen LogP contribution in [-0.2, 0) is 19.0 Å². The highest BCUT2D eigenvalue weighted by Crippen LogP contribution is 2.22. The zero-order chi connectivity index (χ0) is 18.2. The third kappa shape index (κ3) is 6.39. The fourth-order valence-corrected chi connectivity index (χ4v) is 2.84. The molecule has 0 amide bonds. The van der Waals surface area contributed by atoms with E-state index in [4.69, 9.17) is 14.2 Å². The van der Waals surface area contributed by atoms with Crippen molar-refractivity contribution >= 4 is 11.9 Å². The first-order chi connectivity index (χ1) is 12.0. The van der Waals surface area contributed by atoms with Crippen LogP contribution in [0.3, 0.4) is 0 Å². The third-order valence-corrected chi connectivity index (χ3v) is 4.28. The minimum absolute atomic E-state index is 0.0253. The lowest BCUT2D eigenvalue weighted by atomic mass is 9.95. The first-order valence-electron chi connectivity index (χ1n) is 8.79. The van der Waals surface area contributed by atoms with E-state index in [0.717, 1.165) is 12.8 Å². The van der Waals surface area contributed by atoms with Gasteiger partial charge in [0.05, 0.1) is 12.2 Å². The monoisotopic (exact) mass is 357 g/mol. The summed E-state index contributed by atoms with van der Waals surface area (Å²) in [5, 5.41) is 22.1. The molecule has 2 aliphatic carbocycles. The lowest BCUT2D eigenvalue weighted by Crippen LogP contribution is -2.36. The Morgan fingerprint density at radius 2 is 2.16 bits per heavy atom. The van der Waals surface area contributed by atoms with Crippen LogP contribution in [0, 0.1) is 5.92 Å². The van der Waals surface area contributed by atoms with E-state index in [-0.39, 0.29) is 30.8 Å². The number of Topliss-reactive ketones (excluding diaryl/α,β-unsaturated/α-hetero) is 1. The second-order valence-electron chi connectivity index (χ2n) is 6.38. The number of carbonyl (C=O) groups excluding carboxylic acids is 2. The van der Waals surface area contributed by atoms with E-state index < -0.39 is 24.8 Å². The number of hydrogen-bond donors (Lipinski definition) is 3. The van der Waals surface area contributed by atoms with Crippen molar-refractivity contribution in [2.24, 2.45) is 5.92 Å². The van der Waals surface area contributed by atoms with Crippen molar-refractivity contribution < 1.29 is 34.0 Å². The van der Waals surface area contributed by atoms with E-state index in [2.05, 4.69) is 5.32 Å². The second-order valence-corrected chi connectivity index (χ2v) is 6.38. The fourth-order valence-electron chi connectivity index (χ4n) is 2.84. The van der Waals surface area contributed by atoms with Crippen LogP contribution in [0.1, 0.15) is 39.0 Å². The van der Waals surface area contributed by atoms with Crippen LogP contribution in [0.15, 0.2) is 12.2 Å². The van der Waals surface area contributed by atoms with Crippen molar-refractivity contribution in [3.05, 3.63) is 12.2 Å². The molecule has 0 bridgehead atoms. The molecule has 25 heavy (non-hydrogen) atoms. The summed E-state index contributed by atoms with van der Waals surface area (Å²) in [6, 6.07) is 0. The average molecular weight is 357 g/mol. The topological polar surface area (TPSA) is 114 Å². The van der Waals surface area contributed by atoms with Gasteiger partial charge in [-0.1, -0.05) is 19.1 Å². The van der Waals surface area contributed by atoms with Crippen molar-refractivity contribution in [1.82, 2.24) is 5.32 Å². The van der Waals surface area contributed by atoms with Crippen molar-refractivity contribution in [2.45, 2.75) is 63.8 Å². The van der Waals surface area contributed by atoms with Gasteiger partial charge in [-0.3, -0.25) is 10.1 Å². The number of aliphatic hydroxyl groups is 2. The lowest BCUT2D eigenvalue weighted by molar-refractivity contribution is -0.144. The number of rotatable bonds is 8. The standard InChI is InChI=1S/C17H27NO7/c1-2-9-18-16(21)24-12-5-3-11(4-6-12)10-23-17(22)25-15-13(19)7-8-14(15)20/h3,5,11-13,15-16,18-19,21H,2,4,6-10H2,1H3. The third-order valence-electron chi connectivity index (χ3n) is 4.28. The van der Waals surface area contributed by atoms with Crippen LogP contribution in [0.4, 0.5) is 4.79 Å². The van der Waals surface area contributed by atoms with E-state index in [1.54, 1.807) is 0 Å². The molecule has 5 atom stereocenters. The maximum absolute atomic E-state index is 11.6. The van der Waals surface area contributed by atoms with Crippen LogP contribution < -0.4 is 5.32 Å². The molecule has 3 N–H and O–H groups in total. The van der Waals surface area contributed by atoms with Gasteiger partial charge in [-0.05, 0) is 32.2 Å². The summed E-state index contributed by atoms with van der Waals surface area (Å²) in [5.41, 5.74) is 0. The van der Waals surface area contributed by atoms with E-state index in [9.17, 15) is 19.8 Å². The van der Waals surface area contributed by atoms with E-state index in [0.29, 0.717) is 19.4 Å². The zero-order valence-electron chi connectivity index (χ0n) is 14.4. The second kappa shape index (κ2) is 9.86. The Hall–Kier alpha value is -1.48. The number of nitrogens with one attached hydrogen (secondary N) is 1. The summed E-state index contributed by atoms with van der Waals surface area (Å²) in [5.74, 6) is -0.255. The molecular weight excluding hydrogens is 330 g/mol. The van der Waals surface area contributed by atoms with E-state index in [1.807, 2.05) is 19.1 Å². The average Bonchev–Trinajstić information content (AvgIpc) is 2.91. The maximum atomic E-state index is 11.6. The number of hydrogen-bond acceptors (Lipinski definition) is 8. The number of ketones is 1. The van der Waals surface area contributed by atoms with Gasteiger partial charge in [-0.25, -0.2) is 4.79 Å². The van der Waals surface area contributed by atoms with Crippen LogP contribution in [-0.4, -0.2) is 60.0 Å². The Kier molecular flexibility index (Phi) is 7.83. The molecule has 0 spiro atoms. The Labute approximate surface area is 147 Å². The minimum atomic E-state index is -1.11. The van der Waals surface area contributed by atoms with Crippen LogP contribution >= 0.6 is 0 Å². The number of ether oxygens (including phenoxy) is 3. The quantitative estimate of drug-likeness (QED) is 0.333. The van der Waals surface area contributed by atoms with Crippen molar-refractivity contribution in [2.75, 3.05) is 13.2 Å². The summed E-state index contributed by atoms with van der Waals surface area (Å²) in [4.78, 5) is 23.1. The molecule has 0 aromatic carbocycles. The molecular formula is C17H27NO7. The van der Waals surface area contributed by atoms with Gasteiger partial charge in [-0.15, -0.1) is 0 Å². The predicted octanol–water partition coefficient (Wildman–Crippen LogP) is 0.859. The molecule has 0 saturated heterocycles. The molecule has 0 heterocycles. The highest BCUT2D eigenvalue weighted by Gasteiger charge is 2.37. The molecule has 2 rings (SSSR count). The summed E-state index contributed by atoms with van der Waals surface area (Å²) in [6.07, 6.45) is 2.40. The van der Waals surface area contributed by atoms with Gasteiger partial charge in [0, 0.05) is 12.3 Å². The van der Waals surface area contributed by atoms with Crippen molar-refractivity contribution in [1.29, 1.82) is 0 Å². The molecule has 0 aliphatic heterocycles. The normalized spacial score (nSPS) is 30.3. The first kappa shape index (κ1) is 19.8. The SMILES string of the molecule is CCCNC(O)OC1C=CC(COC(=O)OC2C(=O)CCC2O)CC1. The smallest absolute Gasteiger partial charge is 0.434 e. The molecule has 8 nitrogen and oxygen atoms in total. The van der Waals surface area contributed by atoms with Crippen molar-refractivity contribution in [3.63, 3.8) is 0 Å². The van der Waals surface area contributed by atoms with Gasteiger partial charge >= 0.3 is 6.16 Å². The first-order valence-corrected chi connectivity index (χ1v) is 8.79. The zero-order valence-corrected chi connectivity index (χ0v) is 14.4. The van der Waals surface area contributed by atoms with Gasteiger partial charge in [0.2, 0.25) is 6.41 Å². The molecule has 2 aliphatic rings. The van der Waals surface area contributed by atoms with Gasteiger partial charge in [0.15, 0.2) is 11.9 Å². The van der Waals surface area contributed by atoms with Gasteiger partial charge in [0.1, 0.15) is 6.61 Å². The molecule has 142 valence electrons. The molecule has 5 unspecified atom stereocenters. The van der Waals surface area contributed by atoms with Gasteiger partial charge in [-0.2, -0.15) is 0 Å². The fraction of sp³-hybridized carbons (Fsp3) is 0.765. The van der Waals surface area contributed by atoms with Gasteiger partial charge in [0.25, 0.3) is 0 Å². The Bertz CT molecular complexity index is 482. The molecule has 0 aromatic rings. The summed E-state index contributed by atoms with van der Waals surface area (Å²) >= 11 is 0. The Morgan fingerprint density at radius 3 is 2.76 bits per heavy atom. The Morgan fingerprint density at radius 1 is 1.36 bits per heavy atom.